The maximum Gasteiger partial charge on any atom is -0.000718 e. The molecule has 14 rings (SSSR count). The van der Waals surface area contributed by atoms with Crippen LogP contribution in [0.1, 0.15) is 0 Å². The predicted molar refractivity (Wildman–Crippen MR) is 310 cm³/mol. The normalized spacial score (nSPS) is 11.6. The minimum absolute atomic E-state index is 1.17. The molecular formula is C72H46. The van der Waals surface area contributed by atoms with E-state index in [1.54, 1.807) is 0 Å². The van der Waals surface area contributed by atoms with Gasteiger partial charge in [-0.1, -0.05) is 279 Å². The van der Waals surface area contributed by atoms with Crippen LogP contribution in [0.3, 0.4) is 0 Å². The lowest BCUT2D eigenvalue weighted by molar-refractivity contribution is 1.55. The highest BCUT2D eigenvalue weighted by molar-refractivity contribution is 6.25. The zero-order chi connectivity index (χ0) is 47.5. The molecule has 0 radical (unpaired) electrons. The summed E-state index contributed by atoms with van der Waals surface area (Å²) in [5, 5.41) is 14.5. The third kappa shape index (κ3) is 6.68. The third-order valence-electron chi connectivity index (χ3n) is 15.1. The molecule has 0 aromatic heterocycles. The molecule has 0 bridgehead atoms. The van der Waals surface area contributed by atoms with Crippen LogP contribution in [0.2, 0.25) is 0 Å². The topological polar surface area (TPSA) is 0 Å². The Morgan fingerprint density at radius 2 is 0.278 bits per heavy atom. The van der Waals surface area contributed by atoms with Crippen molar-refractivity contribution in [3.05, 3.63) is 279 Å². The van der Waals surface area contributed by atoms with E-state index < -0.39 is 0 Å². The Bertz CT molecular complexity index is 4240. The Morgan fingerprint density at radius 1 is 0.111 bits per heavy atom. The fourth-order valence-electron chi connectivity index (χ4n) is 12.0. The first kappa shape index (κ1) is 41.6. The Morgan fingerprint density at radius 3 is 0.556 bits per heavy atom. The molecule has 0 atom stereocenters. The van der Waals surface area contributed by atoms with Crippen LogP contribution in [0.25, 0.3) is 143 Å². The molecule has 334 valence electrons. The van der Waals surface area contributed by atoms with Crippen molar-refractivity contribution in [2.75, 3.05) is 0 Å². The summed E-state index contributed by atoms with van der Waals surface area (Å²) >= 11 is 0. The lowest BCUT2D eigenvalue weighted by Crippen LogP contribution is -2.04. The number of hydrogen-bond acceptors (Lipinski definition) is 0. The van der Waals surface area contributed by atoms with Gasteiger partial charge in [0, 0.05) is 0 Å². The van der Waals surface area contributed by atoms with Crippen molar-refractivity contribution >= 4 is 64.6 Å². The largest absolute Gasteiger partial charge is 0.0616 e. The first-order chi connectivity index (χ1) is 35.8. The second-order valence-corrected chi connectivity index (χ2v) is 19.0. The second kappa shape index (κ2) is 17.2. The maximum atomic E-state index is 2.40. The predicted octanol–water partition coefficient (Wildman–Crippen LogP) is 20.3. The highest BCUT2D eigenvalue weighted by Gasteiger charge is 2.33. The first-order valence-corrected chi connectivity index (χ1v) is 25.0. The van der Waals surface area contributed by atoms with Crippen LogP contribution in [0.15, 0.2) is 279 Å². The van der Waals surface area contributed by atoms with E-state index >= 15 is 0 Å². The highest BCUT2D eigenvalue weighted by atomic mass is 14.3. The van der Waals surface area contributed by atoms with E-state index in [0.29, 0.717) is 0 Å². The zero-order valence-corrected chi connectivity index (χ0v) is 39.6. The maximum absolute atomic E-state index is 2.40. The molecular weight excluding hydrogens is 865 g/mol. The van der Waals surface area contributed by atoms with E-state index in [2.05, 4.69) is 279 Å². The Balaban J connectivity index is 1.35. The standard InChI is InChI=1S/C72H46/c1-7-33-53-47(21-1)27-15-41-59(53)60-39-13-14-40-66(60)72-70(64-45-19-31-51-25-5-11-37-57(51)64)68(62-43-17-29-49-23-3-9-35-55(49)62)67(61-42-16-28-48-22-2-8-34-54(48)61)69(63-44-18-30-50-24-4-10-36-56(50)63)71(72)65-46-20-32-52-26-6-12-38-58(52)65/h1-46H. The molecule has 14 aromatic carbocycles. The molecule has 0 fully saturated rings. The van der Waals surface area contributed by atoms with Crippen LogP contribution in [-0.2, 0) is 0 Å². The monoisotopic (exact) mass is 910 g/mol. The Labute approximate surface area is 419 Å². The van der Waals surface area contributed by atoms with E-state index in [-0.39, 0.29) is 0 Å². The number of benzene rings is 14. The lowest BCUT2D eigenvalue weighted by atomic mass is 9.71. The first-order valence-electron chi connectivity index (χ1n) is 25.0. The second-order valence-electron chi connectivity index (χ2n) is 19.0. The molecule has 0 unspecified atom stereocenters. The zero-order valence-electron chi connectivity index (χ0n) is 39.6. The Kier molecular flexibility index (Phi) is 9.96. The molecule has 0 saturated heterocycles. The van der Waals surface area contributed by atoms with Crippen molar-refractivity contribution < 1.29 is 0 Å². The molecule has 0 aliphatic carbocycles. The number of fused-ring (bicyclic) bond motifs is 6. The van der Waals surface area contributed by atoms with Gasteiger partial charge in [-0.15, -0.1) is 0 Å². The van der Waals surface area contributed by atoms with Crippen LogP contribution in [0, 0.1) is 0 Å². The van der Waals surface area contributed by atoms with Crippen LogP contribution in [0.4, 0.5) is 0 Å². The van der Waals surface area contributed by atoms with Gasteiger partial charge >= 0.3 is 0 Å². The lowest BCUT2D eigenvalue weighted by Gasteiger charge is -2.31. The van der Waals surface area contributed by atoms with E-state index in [1.165, 1.54) is 143 Å². The molecule has 0 heteroatoms. The highest BCUT2D eigenvalue weighted by Crippen LogP contribution is 2.60. The molecule has 0 nitrogen and oxygen atoms in total. The fraction of sp³-hybridized carbons (Fsp3) is 0. The fourth-order valence-corrected chi connectivity index (χ4v) is 12.0. The third-order valence-corrected chi connectivity index (χ3v) is 15.1. The summed E-state index contributed by atoms with van der Waals surface area (Å²) in [5.41, 5.74) is 16.7. The van der Waals surface area contributed by atoms with Gasteiger partial charge in [0.15, 0.2) is 0 Å². The molecule has 0 saturated carbocycles. The molecule has 0 amide bonds. The molecule has 0 aliphatic heterocycles. The summed E-state index contributed by atoms with van der Waals surface area (Å²) in [6, 6.07) is 104. The summed E-state index contributed by atoms with van der Waals surface area (Å²) in [7, 11) is 0. The average molecular weight is 911 g/mol. The quantitative estimate of drug-likeness (QED) is 0.149. The van der Waals surface area contributed by atoms with Gasteiger partial charge in [-0.3, -0.25) is 0 Å². The van der Waals surface area contributed by atoms with Crippen LogP contribution < -0.4 is 0 Å². The van der Waals surface area contributed by atoms with Crippen molar-refractivity contribution in [3.8, 4) is 77.9 Å². The van der Waals surface area contributed by atoms with Gasteiger partial charge < -0.3 is 0 Å². The van der Waals surface area contributed by atoms with Gasteiger partial charge in [0.25, 0.3) is 0 Å². The van der Waals surface area contributed by atoms with Crippen molar-refractivity contribution in [3.63, 3.8) is 0 Å². The van der Waals surface area contributed by atoms with E-state index in [9.17, 15) is 0 Å². The minimum atomic E-state index is 1.17. The molecule has 0 aliphatic rings. The van der Waals surface area contributed by atoms with Crippen molar-refractivity contribution in [2.24, 2.45) is 0 Å². The summed E-state index contributed by atoms with van der Waals surface area (Å²) in [5.74, 6) is 0. The van der Waals surface area contributed by atoms with Gasteiger partial charge in [0.1, 0.15) is 0 Å². The van der Waals surface area contributed by atoms with Crippen LogP contribution in [0.5, 0.6) is 0 Å². The molecule has 0 heterocycles. The molecule has 0 spiro atoms. The average Bonchev–Trinajstić information content (AvgIpc) is 3.45. The van der Waals surface area contributed by atoms with Crippen molar-refractivity contribution in [1.29, 1.82) is 0 Å². The van der Waals surface area contributed by atoms with Crippen LogP contribution >= 0.6 is 0 Å². The number of hydrogen-bond donors (Lipinski definition) is 0. The smallest absolute Gasteiger partial charge is 0.000718 e. The van der Waals surface area contributed by atoms with Gasteiger partial charge in [-0.25, -0.2) is 0 Å². The summed E-state index contributed by atoms with van der Waals surface area (Å²) in [6.07, 6.45) is 0. The van der Waals surface area contributed by atoms with E-state index in [1.807, 2.05) is 0 Å². The SMILES string of the molecule is c1ccc(-c2cccc3ccccc23)c(-c2c(-c3cccc4ccccc34)c(-c3cccc4ccccc34)c(-c3cccc4ccccc34)c(-c3cccc4ccccc34)c2-c2cccc3ccccc23)c1. The van der Waals surface area contributed by atoms with Crippen molar-refractivity contribution in [1.82, 2.24) is 0 Å². The van der Waals surface area contributed by atoms with Gasteiger partial charge in [0.2, 0.25) is 0 Å². The van der Waals surface area contributed by atoms with Crippen molar-refractivity contribution in [2.45, 2.75) is 0 Å². The summed E-state index contributed by atoms with van der Waals surface area (Å²) in [6.45, 7) is 0. The minimum Gasteiger partial charge on any atom is -0.0616 e. The van der Waals surface area contributed by atoms with Gasteiger partial charge in [-0.2, -0.15) is 0 Å². The molecule has 14 aromatic rings. The van der Waals surface area contributed by atoms with E-state index in [0.717, 1.165) is 0 Å². The van der Waals surface area contributed by atoms with Gasteiger partial charge in [0.05, 0.1) is 0 Å². The summed E-state index contributed by atoms with van der Waals surface area (Å²) < 4.78 is 0. The van der Waals surface area contributed by atoms with E-state index in [4.69, 9.17) is 0 Å². The molecule has 0 N–H and O–H groups in total. The number of rotatable bonds is 7. The Hall–Kier alpha value is -9.36. The van der Waals surface area contributed by atoms with Crippen LogP contribution in [-0.4, -0.2) is 0 Å². The molecule has 72 heavy (non-hydrogen) atoms. The van der Waals surface area contributed by atoms with Gasteiger partial charge in [-0.05, 0) is 143 Å². The summed E-state index contributed by atoms with van der Waals surface area (Å²) in [4.78, 5) is 0.